The molecular weight excluding hydrogens is 468 g/mol. The fourth-order valence-electron chi connectivity index (χ4n) is 4.32. The van der Waals surface area contributed by atoms with Crippen molar-refractivity contribution in [2.75, 3.05) is 65.7 Å². The summed E-state index contributed by atoms with van der Waals surface area (Å²) in [4.78, 5) is 31.6. The number of benzene rings is 1. The third kappa shape index (κ3) is 7.84. The molecule has 1 aromatic rings. The van der Waals surface area contributed by atoms with Crippen LogP contribution in [-0.4, -0.2) is 101 Å². The number of amides is 2. The third-order valence-electron chi connectivity index (χ3n) is 6.22. The number of nitrogens with one attached hydrogen (secondary N) is 1. The Kier molecular flexibility index (Phi) is 8.60. The van der Waals surface area contributed by atoms with E-state index < -0.39 is 15.4 Å². The van der Waals surface area contributed by atoms with Crippen LogP contribution in [0.1, 0.15) is 19.3 Å². The van der Waals surface area contributed by atoms with Crippen LogP contribution in [-0.2, 0) is 19.6 Å². The summed E-state index contributed by atoms with van der Waals surface area (Å²) in [6, 6.07) is 7.09. The number of rotatable bonds is 8. The Morgan fingerprint density at radius 1 is 1.12 bits per heavy atom. The summed E-state index contributed by atoms with van der Waals surface area (Å²) in [6.45, 7) is 3.85. The van der Waals surface area contributed by atoms with Gasteiger partial charge in [0, 0.05) is 56.1 Å². The monoisotopic (exact) mass is 500 g/mol. The number of hydrogen-bond acceptors (Lipinski definition) is 6. The maximum Gasteiger partial charge on any atom is 0.237 e. The van der Waals surface area contributed by atoms with Crippen LogP contribution in [0.25, 0.3) is 0 Å². The zero-order chi connectivity index (χ0) is 24.1. The van der Waals surface area contributed by atoms with Gasteiger partial charge in [-0.25, -0.2) is 13.1 Å². The van der Waals surface area contributed by atoms with E-state index in [4.69, 9.17) is 16.3 Å². The third-order valence-corrected chi connectivity index (χ3v) is 7.13. The van der Waals surface area contributed by atoms with Gasteiger partial charge in [-0.3, -0.25) is 9.59 Å². The van der Waals surface area contributed by atoms with E-state index in [0.29, 0.717) is 43.4 Å². The highest BCUT2D eigenvalue weighted by atomic mass is 35.5. The predicted octanol–water partition coefficient (Wildman–Crippen LogP) is 1.04. The lowest BCUT2D eigenvalue weighted by atomic mass is 9.77. The first-order valence-corrected chi connectivity index (χ1v) is 13.4. The largest absolute Gasteiger partial charge is 0.493 e. The van der Waals surface area contributed by atoms with Crippen LogP contribution in [0.2, 0.25) is 5.02 Å². The van der Waals surface area contributed by atoms with Crippen molar-refractivity contribution < 1.29 is 22.7 Å². The van der Waals surface area contributed by atoms with E-state index in [2.05, 4.69) is 9.62 Å². The number of piperidine rings is 1. The Morgan fingerprint density at radius 2 is 1.85 bits per heavy atom. The topological polar surface area (TPSA) is 99.3 Å². The van der Waals surface area contributed by atoms with E-state index in [9.17, 15) is 18.0 Å². The number of carbonyl (C=O) groups is 2. The van der Waals surface area contributed by atoms with Gasteiger partial charge in [0.25, 0.3) is 0 Å². The normalized spacial score (nSPS) is 22.3. The summed E-state index contributed by atoms with van der Waals surface area (Å²) in [6.07, 6.45) is 2.73. The number of likely N-dealkylation sites (N-methyl/N-ethyl adjacent to an activating group) is 1. The van der Waals surface area contributed by atoms with Crippen LogP contribution < -0.4 is 9.46 Å². The molecule has 0 aromatic heterocycles. The number of hydrogen-bond donors (Lipinski definition) is 1. The Morgan fingerprint density at radius 3 is 2.52 bits per heavy atom. The molecule has 0 spiro atoms. The lowest BCUT2D eigenvalue weighted by molar-refractivity contribution is -0.141. The molecule has 2 saturated heterocycles. The number of likely N-dealkylation sites (tertiary alicyclic amines) is 1. The Hall–Kier alpha value is -1.88. The van der Waals surface area contributed by atoms with Gasteiger partial charge in [-0.15, -0.1) is 0 Å². The first-order chi connectivity index (χ1) is 15.6. The van der Waals surface area contributed by atoms with Gasteiger partial charge in [-0.1, -0.05) is 17.7 Å². The highest BCUT2D eigenvalue weighted by molar-refractivity contribution is 7.88. The Labute approximate surface area is 201 Å². The average molecular weight is 501 g/mol. The minimum atomic E-state index is -3.47. The van der Waals surface area contributed by atoms with E-state index in [1.54, 1.807) is 23.1 Å². The molecule has 0 radical (unpaired) electrons. The Bertz CT molecular complexity index is 952. The molecule has 0 saturated carbocycles. The van der Waals surface area contributed by atoms with Crippen molar-refractivity contribution in [3.8, 4) is 5.75 Å². The zero-order valence-corrected chi connectivity index (χ0v) is 20.8. The lowest BCUT2D eigenvalue weighted by Crippen LogP contribution is -2.54. The molecule has 3 rings (SSSR count). The molecule has 1 atom stereocenters. The van der Waals surface area contributed by atoms with Gasteiger partial charge in [0.1, 0.15) is 5.75 Å². The average Bonchev–Trinajstić information content (AvgIpc) is 2.76. The first-order valence-electron chi connectivity index (χ1n) is 11.1. The molecule has 9 nitrogen and oxygen atoms in total. The highest BCUT2D eigenvalue weighted by Crippen LogP contribution is 2.35. The maximum absolute atomic E-state index is 13.2. The van der Waals surface area contributed by atoms with E-state index >= 15 is 0 Å². The second-order valence-corrected chi connectivity index (χ2v) is 11.4. The summed E-state index contributed by atoms with van der Waals surface area (Å²) >= 11 is 6.08. The molecule has 2 amide bonds. The fourth-order valence-corrected chi connectivity index (χ4v) is 4.89. The fraction of sp³-hybridized carbons (Fsp3) is 0.636. The summed E-state index contributed by atoms with van der Waals surface area (Å²) in [7, 11) is -1.44. The van der Waals surface area contributed by atoms with Crippen LogP contribution in [0.3, 0.4) is 0 Å². The molecule has 2 aliphatic heterocycles. The number of sulfonamides is 1. The van der Waals surface area contributed by atoms with Gasteiger partial charge in [0.05, 0.1) is 19.4 Å². The van der Waals surface area contributed by atoms with Crippen molar-refractivity contribution in [2.45, 2.75) is 19.3 Å². The summed E-state index contributed by atoms with van der Waals surface area (Å²) in [5.41, 5.74) is -0.568. The minimum Gasteiger partial charge on any atom is -0.493 e. The van der Waals surface area contributed by atoms with Gasteiger partial charge in [0.2, 0.25) is 21.8 Å². The molecule has 2 heterocycles. The predicted molar refractivity (Wildman–Crippen MR) is 127 cm³/mol. The molecule has 1 aromatic carbocycles. The van der Waals surface area contributed by atoms with E-state index in [0.717, 1.165) is 25.8 Å². The van der Waals surface area contributed by atoms with Crippen molar-refractivity contribution >= 4 is 33.4 Å². The van der Waals surface area contributed by atoms with Gasteiger partial charge in [-0.05, 0) is 38.1 Å². The lowest BCUT2D eigenvalue weighted by Gasteiger charge is -2.43. The van der Waals surface area contributed by atoms with Gasteiger partial charge in [0.15, 0.2) is 0 Å². The highest BCUT2D eigenvalue weighted by Gasteiger charge is 2.41. The number of halogens is 1. The molecule has 33 heavy (non-hydrogen) atoms. The van der Waals surface area contributed by atoms with Crippen molar-refractivity contribution in [2.24, 2.45) is 5.41 Å². The molecule has 0 bridgehead atoms. The quantitative estimate of drug-likeness (QED) is 0.572. The van der Waals surface area contributed by atoms with Crippen LogP contribution >= 0.6 is 11.6 Å². The summed E-state index contributed by atoms with van der Waals surface area (Å²) < 4.78 is 31.1. The van der Waals surface area contributed by atoms with E-state index in [-0.39, 0.29) is 31.4 Å². The zero-order valence-electron chi connectivity index (χ0n) is 19.3. The van der Waals surface area contributed by atoms with Gasteiger partial charge in [-0.2, -0.15) is 0 Å². The van der Waals surface area contributed by atoms with Crippen LogP contribution in [0, 0.1) is 5.41 Å². The van der Waals surface area contributed by atoms with Crippen LogP contribution in [0.5, 0.6) is 5.75 Å². The maximum atomic E-state index is 13.2. The standard InChI is InChI=1S/C22H33ClN4O5S/c1-25-9-11-26(12-10-25)20(28)14-22(17-32-19-6-3-5-18(23)13-19)7-4-8-27(16-22)21(29)15-24-33(2,30)31/h3,5-6,13,24H,4,7-12,14-17H2,1-2H3/t22-/m0/s1. The second kappa shape index (κ2) is 11.0. The molecular formula is C22H33ClN4O5S. The molecule has 11 heteroatoms. The number of carbonyl (C=O) groups excluding carboxylic acids is 2. The molecule has 2 fully saturated rings. The number of piperazine rings is 1. The minimum absolute atomic E-state index is 0.0568. The first kappa shape index (κ1) is 25.7. The molecule has 0 aliphatic carbocycles. The van der Waals surface area contributed by atoms with Crippen molar-refractivity contribution in [3.05, 3.63) is 29.3 Å². The van der Waals surface area contributed by atoms with E-state index in [1.165, 1.54) is 0 Å². The number of ether oxygens (including phenoxy) is 1. The SMILES string of the molecule is CN1CCN(C(=O)C[C@@]2(COc3cccc(Cl)c3)CCCN(C(=O)CNS(C)(=O)=O)C2)CC1. The van der Waals surface area contributed by atoms with Crippen LogP contribution in [0.15, 0.2) is 24.3 Å². The number of nitrogens with zero attached hydrogens (tertiary/aromatic N) is 3. The van der Waals surface area contributed by atoms with E-state index in [1.807, 2.05) is 18.0 Å². The summed E-state index contributed by atoms with van der Waals surface area (Å²) in [5.74, 6) is 0.358. The molecule has 1 N–H and O–H groups in total. The van der Waals surface area contributed by atoms with Crippen molar-refractivity contribution in [1.29, 1.82) is 0 Å². The van der Waals surface area contributed by atoms with Crippen molar-refractivity contribution in [3.63, 3.8) is 0 Å². The summed E-state index contributed by atoms with van der Waals surface area (Å²) in [5, 5.41) is 0.558. The van der Waals surface area contributed by atoms with Crippen molar-refractivity contribution in [1.82, 2.24) is 19.4 Å². The molecule has 2 aliphatic rings. The van der Waals surface area contributed by atoms with Gasteiger partial charge >= 0.3 is 0 Å². The molecule has 0 unspecified atom stereocenters. The van der Waals surface area contributed by atoms with Gasteiger partial charge < -0.3 is 19.4 Å². The smallest absolute Gasteiger partial charge is 0.237 e. The Balaban J connectivity index is 1.73. The molecule has 184 valence electrons. The van der Waals surface area contributed by atoms with Crippen LogP contribution in [0.4, 0.5) is 0 Å². The second-order valence-electron chi connectivity index (χ2n) is 9.12.